The fourth-order valence-electron chi connectivity index (χ4n) is 1.68. The third kappa shape index (κ3) is 9.59. The summed E-state index contributed by atoms with van der Waals surface area (Å²) in [7, 11) is 0. The molecule has 0 aliphatic carbocycles. The first-order chi connectivity index (χ1) is 12.4. The highest BCUT2D eigenvalue weighted by Gasteiger charge is 1.89. The average molecular weight is 439 g/mol. The Kier molecular flexibility index (Phi) is 10.7. The predicted molar refractivity (Wildman–Crippen MR) is 109 cm³/mol. The maximum absolute atomic E-state index is 12.1. The molecular formula is C20H22BrClFN3. The molecule has 138 valence electrons. The smallest absolute Gasteiger partial charge is 0.212 e. The van der Waals surface area contributed by atoms with Gasteiger partial charge in [0.15, 0.2) is 0 Å². The van der Waals surface area contributed by atoms with Gasteiger partial charge in [-0.25, -0.2) is 15.0 Å². The third-order valence-electron chi connectivity index (χ3n) is 3.27. The molecule has 26 heavy (non-hydrogen) atoms. The van der Waals surface area contributed by atoms with Gasteiger partial charge in [-0.15, -0.1) is 0 Å². The molecule has 3 nitrogen and oxygen atoms in total. The predicted octanol–water partition coefficient (Wildman–Crippen LogP) is 6.23. The lowest BCUT2D eigenvalue weighted by Gasteiger charge is -1.92. The van der Waals surface area contributed by atoms with Gasteiger partial charge in [0.25, 0.3) is 0 Å². The van der Waals surface area contributed by atoms with Crippen LogP contribution in [0.1, 0.15) is 30.5 Å². The van der Waals surface area contributed by atoms with Gasteiger partial charge in [-0.1, -0.05) is 43.6 Å². The van der Waals surface area contributed by atoms with E-state index in [9.17, 15) is 4.39 Å². The highest BCUT2D eigenvalue weighted by molar-refractivity contribution is 9.10. The molecule has 3 rings (SSSR count). The molecule has 0 atom stereocenters. The van der Waals surface area contributed by atoms with E-state index in [0.29, 0.717) is 5.15 Å². The van der Waals surface area contributed by atoms with Crippen LogP contribution in [0.3, 0.4) is 0 Å². The summed E-state index contributed by atoms with van der Waals surface area (Å²) in [5.41, 5.74) is 3.48. The first-order valence-corrected chi connectivity index (χ1v) is 9.40. The fourth-order valence-corrected chi connectivity index (χ4v) is 2.03. The van der Waals surface area contributed by atoms with E-state index in [4.69, 9.17) is 11.6 Å². The van der Waals surface area contributed by atoms with Crippen molar-refractivity contribution in [2.24, 2.45) is 0 Å². The number of aromatic nitrogens is 3. The zero-order valence-corrected chi connectivity index (χ0v) is 17.4. The van der Waals surface area contributed by atoms with Crippen LogP contribution in [0.25, 0.3) is 0 Å². The molecule has 0 unspecified atom stereocenters. The Balaban J connectivity index is 0.000000195. The Hall–Kier alpha value is -1.85. The molecule has 0 aliphatic rings. The van der Waals surface area contributed by atoms with Gasteiger partial charge >= 0.3 is 0 Å². The fraction of sp³-hybridized carbons (Fsp3) is 0.250. The van der Waals surface area contributed by atoms with Gasteiger partial charge in [-0.3, -0.25) is 0 Å². The first-order valence-electron chi connectivity index (χ1n) is 8.23. The summed E-state index contributed by atoms with van der Waals surface area (Å²) in [5.74, 6) is -0.410. The summed E-state index contributed by atoms with van der Waals surface area (Å²) in [6, 6.07) is 10.8. The van der Waals surface area contributed by atoms with Crippen LogP contribution < -0.4 is 0 Å². The minimum atomic E-state index is -0.410. The number of rotatable bonds is 2. The van der Waals surface area contributed by atoms with Gasteiger partial charge in [0.05, 0.1) is 0 Å². The molecule has 3 aromatic heterocycles. The molecule has 0 amide bonds. The molecule has 0 aliphatic heterocycles. The molecule has 0 radical (unpaired) electrons. The maximum atomic E-state index is 12.1. The Morgan fingerprint density at radius 1 is 0.846 bits per heavy atom. The SMILES string of the molecule is CCc1ccc(Br)nc1.CCc1ccc(F)nc1.Cc1ccc(Cl)nc1. The van der Waals surface area contributed by atoms with Gasteiger partial charge in [0.1, 0.15) is 9.76 Å². The summed E-state index contributed by atoms with van der Waals surface area (Å²) in [4.78, 5) is 11.4. The maximum Gasteiger partial charge on any atom is 0.212 e. The lowest BCUT2D eigenvalue weighted by molar-refractivity contribution is 0.582. The Bertz CT molecular complexity index is 681. The van der Waals surface area contributed by atoms with Crippen LogP contribution in [0.15, 0.2) is 59.6 Å². The highest BCUT2D eigenvalue weighted by Crippen LogP contribution is 2.06. The standard InChI is InChI=1S/C7H8BrN.C7H8FN.C6H6ClN/c2*1-2-6-3-4-7(8)9-5-6;1-5-2-3-6(7)8-4-5/h2*3-5H,2H2,1H3;2-4H,1H3. The van der Waals surface area contributed by atoms with Crippen molar-refractivity contribution in [1.82, 2.24) is 15.0 Å². The average Bonchev–Trinajstić information content (AvgIpc) is 2.66. The Morgan fingerprint density at radius 3 is 1.85 bits per heavy atom. The number of hydrogen-bond donors (Lipinski definition) is 0. The monoisotopic (exact) mass is 437 g/mol. The minimum absolute atomic E-state index is 0.410. The molecule has 3 aromatic rings. The summed E-state index contributed by atoms with van der Waals surface area (Å²) in [6.45, 7) is 6.10. The summed E-state index contributed by atoms with van der Waals surface area (Å²) >= 11 is 8.76. The Labute approximate surface area is 167 Å². The molecule has 0 N–H and O–H groups in total. The number of hydrogen-bond acceptors (Lipinski definition) is 3. The van der Waals surface area contributed by atoms with E-state index in [0.717, 1.165) is 28.6 Å². The lowest BCUT2D eigenvalue weighted by Crippen LogP contribution is -1.84. The van der Waals surface area contributed by atoms with Gasteiger partial charge in [-0.2, -0.15) is 4.39 Å². The van der Waals surface area contributed by atoms with Crippen molar-refractivity contribution in [3.8, 4) is 0 Å². The van der Waals surface area contributed by atoms with Crippen molar-refractivity contribution in [3.63, 3.8) is 0 Å². The molecule has 0 fully saturated rings. The van der Waals surface area contributed by atoms with E-state index in [1.54, 1.807) is 24.5 Å². The minimum Gasteiger partial charge on any atom is -0.249 e. The Morgan fingerprint density at radius 2 is 1.46 bits per heavy atom. The van der Waals surface area contributed by atoms with E-state index < -0.39 is 5.95 Å². The number of pyridine rings is 3. The van der Waals surface area contributed by atoms with Gasteiger partial charge in [0.2, 0.25) is 5.95 Å². The topological polar surface area (TPSA) is 38.7 Å². The van der Waals surface area contributed by atoms with E-state index in [1.165, 1.54) is 11.6 Å². The van der Waals surface area contributed by atoms with Crippen LogP contribution in [0.2, 0.25) is 5.15 Å². The molecular weight excluding hydrogens is 417 g/mol. The van der Waals surface area contributed by atoms with E-state index >= 15 is 0 Å². The molecule has 6 heteroatoms. The zero-order chi connectivity index (χ0) is 19.4. The third-order valence-corrected chi connectivity index (χ3v) is 3.96. The number of aryl methyl sites for hydroxylation is 3. The normalized spacial score (nSPS) is 9.46. The molecule has 3 heterocycles. The summed E-state index contributed by atoms with van der Waals surface area (Å²) in [6.07, 6.45) is 7.13. The number of halogens is 3. The first kappa shape index (κ1) is 22.2. The second-order valence-electron chi connectivity index (χ2n) is 5.34. The highest BCUT2D eigenvalue weighted by atomic mass is 79.9. The van der Waals surface area contributed by atoms with Crippen molar-refractivity contribution < 1.29 is 4.39 Å². The van der Waals surface area contributed by atoms with Crippen molar-refractivity contribution >= 4 is 27.5 Å². The molecule has 0 saturated heterocycles. The van der Waals surface area contributed by atoms with Crippen molar-refractivity contribution in [1.29, 1.82) is 0 Å². The summed E-state index contributed by atoms with van der Waals surface area (Å²) in [5, 5.41) is 0.551. The summed E-state index contributed by atoms with van der Waals surface area (Å²) < 4.78 is 13.0. The van der Waals surface area contributed by atoms with Gasteiger partial charge in [0, 0.05) is 18.6 Å². The van der Waals surface area contributed by atoms with Crippen LogP contribution in [0.5, 0.6) is 0 Å². The van der Waals surface area contributed by atoms with Crippen molar-refractivity contribution in [2.45, 2.75) is 33.6 Å². The largest absolute Gasteiger partial charge is 0.249 e. The lowest BCUT2D eigenvalue weighted by atomic mass is 10.2. The molecule has 0 saturated carbocycles. The zero-order valence-electron chi connectivity index (χ0n) is 15.1. The van der Waals surface area contributed by atoms with Crippen molar-refractivity contribution in [3.05, 3.63) is 87.4 Å². The second-order valence-corrected chi connectivity index (χ2v) is 6.54. The molecule has 0 aromatic carbocycles. The van der Waals surface area contributed by atoms with E-state index in [-0.39, 0.29) is 0 Å². The molecule has 0 bridgehead atoms. The van der Waals surface area contributed by atoms with Crippen molar-refractivity contribution in [2.75, 3.05) is 0 Å². The second kappa shape index (κ2) is 12.5. The van der Waals surface area contributed by atoms with E-state index in [2.05, 4.69) is 43.9 Å². The van der Waals surface area contributed by atoms with E-state index in [1.807, 2.05) is 32.2 Å². The van der Waals surface area contributed by atoms with Crippen LogP contribution in [-0.4, -0.2) is 15.0 Å². The number of nitrogens with zero attached hydrogens (tertiary/aromatic N) is 3. The van der Waals surface area contributed by atoms with Gasteiger partial charge < -0.3 is 0 Å². The quantitative estimate of drug-likeness (QED) is 0.445. The van der Waals surface area contributed by atoms with Crippen LogP contribution in [0.4, 0.5) is 4.39 Å². The van der Waals surface area contributed by atoms with Gasteiger partial charge in [-0.05, 0) is 70.6 Å². The van der Waals surface area contributed by atoms with Crippen LogP contribution >= 0.6 is 27.5 Å². The molecule has 0 spiro atoms. The van der Waals surface area contributed by atoms with Crippen LogP contribution in [0, 0.1) is 12.9 Å². The van der Waals surface area contributed by atoms with Crippen LogP contribution in [-0.2, 0) is 12.8 Å².